The van der Waals surface area contributed by atoms with Crippen LogP contribution in [0.2, 0.25) is 5.02 Å². The van der Waals surface area contributed by atoms with Crippen molar-refractivity contribution in [1.82, 2.24) is 14.8 Å². The van der Waals surface area contributed by atoms with Gasteiger partial charge in [0.05, 0.1) is 18.5 Å². The zero-order valence-corrected chi connectivity index (χ0v) is 20.2. The van der Waals surface area contributed by atoms with Crippen LogP contribution in [-0.4, -0.2) is 33.4 Å². The second-order valence-electron chi connectivity index (χ2n) is 7.85. The molecule has 2 aromatic heterocycles. The molecule has 33 heavy (non-hydrogen) atoms. The van der Waals surface area contributed by atoms with Crippen LogP contribution < -0.4 is 14.8 Å². The Morgan fingerprint density at radius 1 is 1.09 bits per heavy atom. The van der Waals surface area contributed by atoms with Crippen LogP contribution in [0.4, 0.5) is 5.82 Å². The van der Waals surface area contributed by atoms with Gasteiger partial charge >= 0.3 is 0 Å². The van der Waals surface area contributed by atoms with Crippen molar-refractivity contribution in [2.24, 2.45) is 0 Å². The van der Waals surface area contributed by atoms with E-state index in [9.17, 15) is 4.79 Å². The first-order chi connectivity index (χ1) is 15.7. The number of anilines is 1. The fourth-order valence-electron chi connectivity index (χ4n) is 3.10. The van der Waals surface area contributed by atoms with Crippen LogP contribution in [0.5, 0.6) is 11.5 Å². The summed E-state index contributed by atoms with van der Waals surface area (Å²) in [5.74, 6) is 1.53. The third-order valence-electron chi connectivity index (χ3n) is 4.87. The fourth-order valence-corrected chi connectivity index (χ4v) is 4.02. The van der Waals surface area contributed by atoms with E-state index in [0.717, 1.165) is 22.7 Å². The lowest BCUT2D eigenvalue weighted by Crippen LogP contribution is -2.42. The van der Waals surface area contributed by atoms with E-state index in [1.54, 1.807) is 56.0 Å². The minimum Gasteiger partial charge on any atom is -0.497 e. The number of halogens is 1. The lowest BCUT2D eigenvalue weighted by atomic mass is 10.1. The van der Waals surface area contributed by atoms with Gasteiger partial charge in [0, 0.05) is 22.0 Å². The number of aryl methyl sites for hydroxylation is 1. The van der Waals surface area contributed by atoms with Gasteiger partial charge in [0.25, 0.3) is 5.91 Å². The van der Waals surface area contributed by atoms with Crippen molar-refractivity contribution in [2.75, 3.05) is 12.4 Å². The summed E-state index contributed by atoms with van der Waals surface area (Å²) in [4.78, 5) is 17.8. The van der Waals surface area contributed by atoms with E-state index in [1.165, 1.54) is 11.3 Å². The van der Waals surface area contributed by atoms with Crippen LogP contribution in [0, 0.1) is 6.92 Å². The van der Waals surface area contributed by atoms with Gasteiger partial charge in [-0.25, -0.2) is 4.98 Å². The van der Waals surface area contributed by atoms with Crippen molar-refractivity contribution in [3.63, 3.8) is 0 Å². The summed E-state index contributed by atoms with van der Waals surface area (Å²) in [6.07, 6.45) is 0. The molecule has 0 aliphatic rings. The van der Waals surface area contributed by atoms with Gasteiger partial charge in [-0.2, -0.15) is 9.78 Å². The molecule has 0 unspecified atom stereocenters. The number of rotatable bonds is 7. The molecular weight excluding hydrogens is 460 g/mol. The Morgan fingerprint density at radius 3 is 2.42 bits per heavy atom. The molecule has 4 aromatic rings. The fraction of sp³-hybridized carbons (Fsp3) is 0.208. The number of hydrogen-bond acceptors (Lipinski definition) is 6. The number of hydrogen-bond donors (Lipinski definition) is 1. The highest BCUT2D eigenvalue weighted by Gasteiger charge is 2.31. The van der Waals surface area contributed by atoms with E-state index in [0.29, 0.717) is 21.7 Å². The topological polar surface area (TPSA) is 78.3 Å². The highest BCUT2D eigenvalue weighted by atomic mass is 35.5. The molecule has 2 heterocycles. The Balaban J connectivity index is 1.54. The Labute approximate surface area is 201 Å². The van der Waals surface area contributed by atoms with Gasteiger partial charge in [0.15, 0.2) is 5.60 Å². The van der Waals surface area contributed by atoms with Crippen molar-refractivity contribution in [1.29, 1.82) is 0 Å². The molecule has 4 rings (SSSR count). The summed E-state index contributed by atoms with van der Waals surface area (Å²) in [6.45, 7) is 5.27. The highest BCUT2D eigenvalue weighted by molar-refractivity contribution is 7.12. The third kappa shape index (κ3) is 5.18. The summed E-state index contributed by atoms with van der Waals surface area (Å²) in [7, 11) is 1.63. The molecular formula is C24H23ClN4O3S. The zero-order chi connectivity index (χ0) is 23.6. The minimum atomic E-state index is -1.13. The molecule has 0 saturated heterocycles. The van der Waals surface area contributed by atoms with Crippen LogP contribution in [-0.2, 0) is 4.79 Å². The first-order valence-corrected chi connectivity index (χ1v) is 11.4. The average molecular weight is 483 g/mol. The third-order valence-corrected chi connectivity index (χ3v) is 5.93. The summed E-state index contributed by atoms with van der Waals surface area (Å²) in [6, 6.07) is 16.4. The number of aromatic nitrogens is 3. The van der Waals surface area contributed by atoms with E-state index >= 15 is 0 Å². The monoisotopic (exact) mass is 482 g/mol. The van der Waals surface area contributed by atoms with Crippen LogP contribution in [0.15, 0.2) is 60.0 Å². The van der Waals surface area contributed by atoms with Gasteiger partial charge in [-0.1, -0.05) is 11.6 Å². The summed E-state index contributed by atoms with van der Waals surface area (Å²) >= 11 is 7.37. The van der Waals surface area contributed by atoms with Gasteiger partial charge in [0.1, 0.15) is 17.3 Å². The molecule has 0 atom stereocenters. The minimum absolute atomic E-state index is 0.314. The number of thiazole rings is 1. The molecule has 9 heteroatoms. The second-order valence-corrected chi connectivity index (χ2v) is 9.12. The molecule has 0 fully saturated rings. The number of nitrogens with zero attached hydrogens (tertiary/aromatic N) is 3. The van der Waals surface area contributed by atoms with Crippen LogP contribution >= 0.6 is 22.9 Å². The molecule has 0 spiro atoms. The smallest absolute Gasteiger partial charge is 0.269 e. The number of benzene rings is 2. The number of carbonyl (C=O) groups is 1. The quantitative estimate of drug-likeness (QED) is 0.362. The molecule has 0 saturated carbocycles. The molecule has 170 valence electrons. The highest BCUT2D eigenvalue weighted by Crippen LogP contribution is 2.28. The van der Waals surface area contributed by atoms with Crippen molar-refractivity contribution < 1.29 is 14.3 Å². The lowest BCUT2D eigenvalue weighted by molar-refractivity contribution is -0.128. The van der Waals surface area contributed by atoms with Crippen molar-refractivity contribution in [2.45, 2.75) is 26.4 Å². The molecule has 0 bridgehead atoms. The average Bonchev–Trinajstić information content (AvgIpc) is 3.42. The molecule has 0 aliphatic heterocycles. The Hall–Kier alpha value is -3.36. The molecule has 0 aliphatic carbocycles. The Morgan fingerprint density at radius 2 is 1.76 bits per heavy atom. The number of methoxy groups -OCH3 is 1. The van der Waals surface area contributed by atoms with Crippen LogP contribution in [0.25, 0.3) is 16.4 Å². The largest absolute Gasteiger partial charge is 0.497 e. The van der Waals surface area contributed by atoms with E-state index in [1.807, 2.05) is 36.6 Å². The molecule has 2 aromatic carbocycles. The van der Waals surface area contributed by atoms with E-state index in [-0.39, 0.29) is 5.91 Å². The van der Waals surface area contributed by atoms with Gasteiger partial charge in [-0.05, 0) is 69.3 Å². The first kappa shape index (κ1) is 22.8. The summed E-state index contributed by atoms with van der Waals surface area (Å²) < 4.78 is 12.7. The maximum Gasteiger partial charge on any atom is 0.269 e. The van der Waals surface area contributed by atoms with Gasteiger partial charge in [-0.3, -0.25) is 4.79 Å². The van der Waals surface area contributed by atoms with Crippen molar-refractivity contribution in [3.05, 3.63) is 70.7 Å². The predicted molar refractivity (Wildman–Crippen MR) is 131 cm³/mol. The second kappa shape index (κ2) is 9.25. The van der Waals surface area contributed by atoms with Gasteiger partial charge in [-0.15, -0.1) is 11.3 Å². The summed E-state index contributed by atoms with van der Waals surface area (Å²) in [5.41, 5.74) is 1.40. The standard InChI is InChI=1S/C24H23ClN4O3S/c1-15-13-21(27-22(30)24(2,3)32-19-11-7-17(25)8-12-19)29(28-15)23-26-20(14-33-23)16-5-9-18(31-4)10-6-16/h5-14H,1-4H3,(H,27,30). The maximum absolute atomic E-state index is 13.1. The zero-order valence-electron chi connectivity index (χ0n) is 18.6. The number of nitrogens with one attached hydrogen (secondary N) is 1. The van der Waals surface area contributed by atoms with E-state index in [4.69, 9.17) is 26.1 Å². The van der Waals surface area contributed by atoms with Crippen LogP contribution in [0.3, 0.4) is 0 Å². The molecule has 1 N–H and O–H groups in total. The first-order valence-electron chi connectivity index (χ1n) is 10.2. The number of carbonyl (C=O) groups excluding carboxylic acids is 1. The van der Waals surface area contributed by atoms with Crippen molar-refractivity contribution >= 4 is 34.7 Å². The lowest BCUT2D eigenvalue weighted by Gasteiger charge is -2.25. The number of amides is 1. The predicted octanol–water partition coefficient (Wildman–Crippen LogP) is 5.76. The molecule has 1 amide bonds. The molecule has 0 radical (unpaired) electrons. The number of ether oxygens (including phenoxy) is 2. The van der Waals surface area contributed by atoms with Crippen LogP contribution in [0.1, 0.15) is 19.5 Å². The maximum atomic E-state index is 13.1. The van der Waals surface area contributed by atoms with E-state index in [2.05, 4.69) is 10.4 Å². The summed E-state index contributed by atoms with van der Waals surface area (Å²) in [5, 5.41) is 10.6. The SMILES string of the molecule is COc1ccc(-c2csc(-n3nc(C)cc3NC(=O)C(C)(C)Oc3ccc(Cl)cc3)n2)cc1. The van der Waals surface area contributed by atoms with E-state index < -0.39 is 5.60 Å². The van der Waals surface area contributed by atoms with Crippen molar-refractivity contribution in [3.8, 4) is 27.9 Å². The Bertz CT molecular complexity index is 1260. The molecule has 7 nitrogen and oxygen atoms in total. The Kier molecular flexibility index (Phi) is 6.40. The normalized spacial score (nSPS) is 11.3. The van der Waals surface area contributed by atoms with Gasteiger partial charge < -0.3 is 14.8 Å². The van der Waals surface area contributed by atoms with Gasteiger partial charge in [0.2, 0.25) is 5.13 Å².